The molecule has 0 aliphatic heterocycles. The molecule has 27 heavy (non-hydrogen) atoms. The van der Waals surface area contributed by atoms with Crippen molar-refractivity contribution in [3.8, 4) is 5.69 Å². The fraction of sp³-hybridized carbons (Fsp3) is 0.250. The Bertz CT molecular complexity index is 878. The zero-order chi connectivity index (χ0) is 19.4. The van der Waals surface area contributed by atoms with Crippen LogP contribution in [-0.2, 0) is 0 Å². The van der Waals surface area contributed by atoms with Crippen molar-refractivity contribution >= 4 is 17.6 Å². The molecule has 2 unspecified atom stereocenters. The summed E-state index contributed by atoms with van der Waals surface area (Å²) in [5.74, 6) is 0. The Balaban J connectivity index is 1.64. The van der Waals surface area contributed by atoms with E-state index in [0.29, 0.717) is 5.02 Å². The fourth-order valence-corrected chi connectivity index (χ4v) is 2.89. The van der Waals surface area contributed by atoms with Gasteiger partial charge in [0, 0.05) is 12.1 Å². The third-order valence-corrected chi connectivity index (χ3v) is 4.92. The first kappa shape index (κ1) is 18.9. The standard InChI is InChI=1S/C20H22ClN5O/c1-14(16-4-8-18(21)9-5-16)24-20(27)25(3)15(2)17-6-10-19(11-7-17)26-13-22-12-23-26/h4-15H,1-3H3,(H,24,27). The lowest BCUT2D eigenvalue weighted by atomic mass is 10.1. The maximum absolute atomic E-state index is 12.6. The number of nitrogens with zero attached hydrogens (tertiary/aromatic N) is 4. The molecule has 2 aromatic carbocycles. The van der Waals surface area contributed by atoms with E-state index in [1.165, 1.54) is 6.33 Å². The predicted molar refractivity (Wildman–Crippen MR) is 106 cm³/mol. The lowest BCUT2D eigenvalue weighted by Gasteiger charge is -2.27. The van der Waals surface area contributed by atoms with Crippen LogP contribution in [0.2, 0.25) is 5.02 Å². The Hall–Kier alpha value is -2.86. The highest BCUT2D eigenvalue weighted by atomic mass is 35.5. The first-order valence-electron chi connectivity index (χ1n) is 8.69. The number of halogens is 1. The minimum absolute atomic E-state index is 0.0767. The molecule has 1 aromatic heterocycles. The summed E-state index contributed by atoms with van der Waals surface area (Å²) in [6, 6.07) is 15.1. The van der Waals surface area contributed by atoms with Gasteiger partial charge < -0.3 is 10.2 Å². The SMILES string of the molecule is CC(NC(=O)N(C)C(C)c1ccc(-n2cncn2)cc1)c1ccc(Cl)cc1. The molecular formula is C20H22ClN5O. The van der Waals surface area contributed by atoms with Gasteiger partial charge in [-0.15, -0.1) is 0 Å². The van der Waals surface area contributed by atoms with Crippen molar-refractivity contribution in [3.05, 3.63) is 77.3 Å². The molecule has 1 N–H and O–H groups in total. The highest BCUT2D eigenvalue weighted by Crippen LogP contribution is 2.22. The minimum atomic E-state index is -0.134. The third-order valence-electron chi connectivity index (χ3n) is 4.67. The minimum Gasteiger partial charge on any atom is -0.331 e. The number of urea groups is 1. The molecule has 3 aromatic rings. The van der Waals surface area contributed by atoms with E-state index in [0.717, 1.165) is 16.8 Å². The zero-order valence-electron chi connectivity index (χ0n) is 15.5. The maximum Gasteiger partial charge on any atom is 0.318 e. The van der Waals surface area contributed by atoms with Crippen molar-refractivity contribution in [2.45, 2.75) is 25.9 Å². The van der Waals surface area contributed by atoms with E-state index in [4.69, 9.17) is 11.6 Å². The molecular weight excluding hydrogens is 362 g/mol. The zero-order valence-corrected chi connectivity index (χ0v) is 16.3. The van der Waals surface area contributed by atoms with Gasteiger partial charge in [-0.1, -0.05) is 35.9 Å². The van der Waals surface area contributed by atoms with Gasteiger partial charge in [0.15, 0.2) is 0 Å². The largest absolute Gasteiger partial charge is 0.331 e. The van der Waals surface area contributed by atoms with E-state index in [-0.39, 0.29) is 18.1 Å². The highest BCUT2D eigenvalue weighted by molar-refractivity contribution is 6.30. The average Bonchev–Trinajstić information content (AvgIpc) is 3.22. The molecule has 140 valence electrons. The van der Waals surface area contributed by atoms with Crippen LogP contribution in [0, 0.1) is 0 Å². The van der Waals surface area contributed by atoms with Gasteiger partial charge in [-0.3, -0.25) is 0 Å². The topological polar surface area (TPSA) is 63.1 Å². The molecule has 0 saturated heterocycles. The maximum atomic E-state index is 12.6. The Kier molecular flexibility index (Phi) is 5.76. The lowest BCUT2D eigenvalue weighted by molar-refractivity contribution is 0.191. The lowest BCUT2D eigenvalue weighted by Crippen LogP contribution is -2.39. The van der Waals surface area contributed by atoms with Crippen LogP contribution in [0.1, 0.15) is 37.1 Å². The third kappa shape index (κ3) is 4.46. The van der Waals surface area contributed by atoms with Crippen LogP contribution in [0.15, 0.2) is 61.2 Å². The highest BCUT2D eigenvalue weighted by Gasteiger charge is 2.19. The van der Waals surface area contributed by atoms with Gasteiger partial charge in [0.25, 0.3) is 0 Å². The van der Waals surface area contributed by atoms with Gasteiger partial charge in [0.1, 0.15) is 12.7 Å². The van der Waals surface area contributed by atoms with Gasteiger partial charge in [-0.25, -0.2) is 14.5 Å². The van der Waals surface area contributed by atoms with Crippen LogP contribution < -0.4 is 5.32 Å². The Morgan fingerprint density at radius 2 is 1.70 bits per heavy atom. The summed E-state index contributed by atoms with van der Waals surface area (Å²) in [7, 11) is 1.79. The second kappa shape index (κ2) is 8.22. The van der Waals surface area contributed by atoms with E-state index >= 15 is 0 Å². The van der Waals surface area contributed by atoms with Gasteiger partial charge in [0.2, 0.25) is 0 Å². The molecule has 0 bridgehead atoms. The molecule has 0 spiro atoms. The molecule has 2 atom stereocenters. The Morgan fingerprint density at radius 3 is 2.30 bits per heavy atom. The van der Waals surface area contributed by atoms with Crippen molar-refractivity contribution in [2.24, 2.45) is 0 Å². The van der Waals surface area contributed by atoms with E-state index in [1.54, 1.807) is 23.0 Å². The molecule has 0 radical (unpaired) electrons. The van der Waals surface area contributed by atoms with Gasteiger partial charge >= 0.3 is 6.03 Å². The van der Waals surface area contributed by atoms with Gasteiger partial charge in [0.05, 0.1) is 17.8 Å². The summed E-state index contributed by atoms with van der Waals surface area (Å²) in [6.45, 7) is 3.95. The van der Waals surface area contributed by atoms with Gasteiger partial charge in [-0.2, -0.15) is 5.10 Å². The second-order valence-electron chi connectivity index (χ2n) is 6.44. The van der Waals surface area contributed by atoms with E-state index in [2.05, 4.69) is 15.4 Å². The Morgan fingerprint density at radius 1 is 1.07 bits per heavy atom. The molecule has 3 rings (SSSR count). The number of aromatic nitrogens is 3. The van der Waals surface area contributed by atoms with Crippen molar-refractivity contribution in [1.29, 1.82) is 0 Å². The second-order valence-corrected chi connectivity index (χ2v) is 6.88. The fourth-order valence-electron chi connectivity index (χ4n) is 2.77. The van der Waals surface area contributed by atoms with Crippen LogP contribution in [-0.4, -0.2) is 32.7 Å². The molecule has 1 heterocycles. The van der Waals surface area contributed by atoms with Crippen molar-refractivity contribution in [1.82, 2.24) is 25.0 Å². The van der Waals surface area contributed by atoms with Crippen LogP contribution in [0.3, 0.4) is 0 Å². The summed E-state index contributed by atoms with van der Waals surface area (Å²) in [5.41, 5.74) is 2.97. The van der Waals surface area contributed by atoms with Crippen LogP contribution >= 0.6 is 11.6 Å². The molecule has 0 fully saturated rings. The molecule has 0 aliphatic carbocycles. The molecule has 6 nitrogen and oxygen atoms in total. The van der Waals surface area contributed by atoms with E-state index in [1.807, 2.05) is 62.4 Å². The number of nitrogens with one attached hydrogen (secondary N) is 1. The number of hydrogen-bond acceptors (Lipinski definition) is 3. The first-order valence-corrected chi connectivity index (χ1v) is 9.07. The number of amides is 2. The van der Waals surface area contributed by atoms with E-state index in [9.17, 15) is 4.79 Å². The summed E-state index contributed by atoms with van der Waals surface area (Å²) in [6.07, 6.45) is 3.15. The molecule has 2 amide bonds. The predicted octanol–water partition coefficient (Wildman–Crippen LogP) is 4.38. The molecule has 0 aliphatic rings. The van der Waals surface area contributed by atoms with Crippen LogP contribution in [0.5, 0.6) is 0 Å². The summed E-state index contributed by atoms with van der Waals surface area (Å²) in [4.78, 5) is 18.3. The number of carbonyl (C=O) groups excluding carboxylic acids is 1. The van der Waals surface area contributed by atoms with Crippen molar-refractivity contribution in [2.75, 3.05) is 7.05 Å². The Labute approximate surface area is 163 Å². The molecule has 0 saturated carbocycles. The monoisotopic (exact) mass is 383 g/mol. The van der Waals surface area contributed by atoms with Crippen LogP contribution in [0.25, 0.3) is 5.69 Å². The molecule has 7 heteroatoms. The number of rotatable bonds is 5. The quantitative estimate of drug-likeness (QED) is 0.710. The van der Waals surface area contributed by atoms with E-state index < -0.39 is 0 Å². The van der Waals surface area contributed by atoms with Crippen molar-refractivity contribution in [3.63, 3.8) is 0 Å². The number of carbonyl (C=O) groups is 1. The summed E-state index contributed by atoms with van der Waals surface area (Å²) >= 11 is 5.92. The average molecular weight is 384 g/mol. The summed E-state index contributed by atoms with van der Waals surface area (Å²) in [5, 5.41) is 7.81. The normalized spacial score (nSPS) is 13.0. The number of benzene rings is 2. The smallest absolute Gasteiger partial charge is 0.318 e. The first-order chi connectivity index (χ1) is 13.0. The summed E-state index contributed by atoms with van der Waals surface area (Å²) < 4.78 is 1.69. The number of hydrogen-bond donors (Lipinski definition) is 1. The van der Waals surface area contributed by atoms with Gasteiger partial charge in [-0.05, 0) is 49.2 Å². The van der Waals surface area contributed by atoms with Crippen molar-refractivity contribution < 1.29 is 4.79 Å². The van der Waals surface area contributed by atoms with Crippen LogP contribution in [0.4, 0.5) is 4.79 Å².